The number of guanidine groups is 1. The highest BCUT2D eigenvalue weighted by Crippen LogP contribution is 2.24. The van der Waals surface area contributed by atoms with Crippen molar-refractivity contribution in [2.45, 2.75) is 52.5 Å². The Labute approximate surface area is 167 Å². The van der Waals surface area contributed by atoms with E-state index in [0.717, 1.165) is 36.6 Å². The number of aliphatic imine (C=N–C) groups is 1. The molecule has 2 aromatic rings. The highest BCUT2D eigenvalue weighted by molar-refractivity contribution is 5.79. The Kier molecular flexibility index (Phi) is 6.60. The van der Waals surface area contributed by atoms with E-state index >= 15 is 0 Å². The molecule has 2 heterocycles. The van der Waals surface area contributed by atoms with Crippen molar-refractivity contribution >= 4 is 5.96 Å². The smallest absolute Gasteiger partial charge is 0.422 e. The fourth-order valence-corrected chi connectivity index (χ4v) is 3.10. The number of ether oxygens (including phenoxy) is 1. The highest BCUT2D eigenvalue weighted by atomic mass is 19.4. The lowest BCUT2D eigenvalue weighted by Gasteiger charge is -2.14. The van der Waals surface area contributed by atoms with Crippen molar-refractivity contribution in [2.24, 2.45) is 4.99 Å². The van der Waals surface area contributed by atoms with Crippen molar-refractivity contribution in [1.82, 2.24) is 25.4 Å². The first-order chi connectivity index (χ1) is 13.9. The third-order valence-corrected chi connectivity index (χ3v) is 4.47. The summed E-state index contributed by atoms with van der Waals surface area (Å²) in [5.74, 6) is 2.57. The largest absolute Gasteiger partial charge is 0.484 e. The van der Waals surface area contributed by atoms with E-state index in [4.69, 9.17) is 4.74 Å². The van der Waals surface area contributed by atoms with Gasteiger partial charge < -0.3 is 19.9 Å². The zero-order chi connectivity index (χ0) is 20.9. The third kappa shape index (κ3) is 5.85. The van der Waals surface area contributed by atoms with Crippen LogP contribution < -0.4 is 15.4 Å². The summed E-state index contributed by atoms with van der Waals surface area (Å²) in [4.78, 5) is 4.49. The number of nitrogens with zero attached hydrogens (tertiary/aromatic N) is 4. The lowest BCUT2D eigenvalue weighted by Crippen LogP contribution is -2.37. The van der Waals surface area contributed by atoms with Gasteiger partial charge in [0.15, 0.2) is 18.4 Å². The molecule has 10 heteroatoms. The molecule has 0 aliphatic carbocycles. The molecular weight excluding hydrogens is 385 g/mol. The standard InChI is InChI=1S/C19H25F3N6O/c1-3-23-18(25-11-17-27-26-16-5-4-8-28(16)17)24-10-14-7-6-13(2)9-15(14)29-12-19(20,21)22/h6-7,9H,3-5,8,10-12H2,1-2H3,(H2,23,24,25). The van der Waals surface area contributed by atoms with Crippen LogP contribution >= 0.6 is 0 Å². The second kappa shape index (κ2) is 9.15. The van der Waals surface area contributed by atoms with Gasteiger partial charge in [0.2, 0.25) is 0 Å². The highest BCUT2D eigenvalue weighted by Gasteiger charge is 2.28. The van der Waals surface area contributed by atoms with Gasteiger partial charge in [-0.1, -0.05) is 12.1 Å². The van der Waals surface area contributed by atoms with Gasteiger partial charge in [-0.15, -0.1) is 10.2 Å². The Morgan fingerprint density at radius 3 is 2.86 bits per heavy atom. The van der Waals surface area contributed by atoms with Crippen LogP contribution in [0.5, 0.6) is 5.75 Å². The molecule has 29 heavy (non-hydrogen) atoms. The average molecular weight is 410 g/mol. The van der Waals surface area contributed by atoms with E-state index in [1.165, 1.54) is 0 Å². The number of aromatic nitrogens is 3. The van der Waals surface area contributed by atoms with Gasteiger partial charge in [0.1, 0.15) is 11.6 Å². The molecular formula is C19H25F3N6O. The number of halogens is 3. The SMILES string of the molecule is CCNC(=NCc1ccc(C)cc1OCC(F)(F)F)NCc1nnc2n1CCC2. The van der Waals surface area contributed by atoms with Crippen LogP contribution in [-0.2, 0) is 26.1 Å². The Hall–Kier alpha value is -2.78. The molecule has 0 bridgehead atoms. The summed E-state index contributed by atoms with van der Waals surface area (Å²) < 4.78 is 44.7. The predicted octanol–water partition coefficient (Wildman–Crippen LogP) is 2.73. The van der Waals surface area contributed by atoms with E-state index in [1.807, 2.05) is 13.0 Å². The molecule has 1 aromatic carbocycles. The summed E-state index contributed by atoms with van der Waals surface area (Å²) in [5.41, 5.74) is 1.40. The maximum Gasteiger partial charge on any atom is 0.422 e. The number of benzene rings is 1. The average Bonchev–Trinajstić information content (AvgIpc) is 3.27. The number of nitrogens with one attached hydrogen (secondary N) is 2. The second-order valence-corrected chi connectivity index (χ2v) is 6.85. The molecule has 0 atom stereocenters. The zero-order valence-electron chi connectivity index (χ0n) is 16.5. The lowest BCUT2D eigenvalue weighted by molar-refractivity contribution is -0.153. The van der Waals surface area contributed by atoms with Gasteiger partial charge in [0.25, 0.3) is 0 Å². The lowest BCUT2D eigenvalue weighted by atomic mass is 10.1. The summed E-state index contributed by atoms with van der Waals surface area (Å²) >= 11 is 0. The van der Waals surface area contributed by atoms with Crippen LogP contribution in [0.2, 0.25) is 0 Å². The molecule has 0 saturated carbocycles. The van der Waals surface area contributed by atoms with Crippen LogP contribution in [0, 0.1) is 6.92 Å². The number of fused-ring (bicyclic) bond motifs is 1. The molecule has 3 rings (SSSR count). The predicted molar refractivity (Wildman–Crippen MR) is 103 cm³/mol. The molecule has 0 unspecified atom stereocenters. The molecule has 1 aliphatic rings. The first kappa shape index (κ1) is 20.9. The topological polar surface area (TPSA) is 76.4 Å². The summed E-state index contributed by atoms with van der Waals surface area (Å²) in [5, 5.41) is 14.7. The van der Waals surface area contributed by atoms with Crippen LogP contribution in [0.25, 0.3) is 0 Å². The van der Waals surface area contributed by atoms with Gasteiger partial charge in [-0.05, 0) is 31.9 Å². The molecule has 0 radical (unpaired) electrons. The van der Waals surface area contributed by atoms with E-state index in [0.29, 0.717) is 24.6 Å². The maximum atomic E-state index is 12.5. The van der Waals surface area contributed by atoms with Gasteiger partial charge in [0, 0.05) is 25.1 Å². The van der Waals surface area contributed by atoms with Crippen molar-refractivity contribution in [3.63, 3.8) is 0 Å². The molecule has 1 aromatic heterocycles. The molecule has 0 amide bonds. The molecule has 1 aliphatic heterocycles. The second-order valence-electron chi connectivity index (χ2n) is 6.85. The Balaban J connectivity index is 1.67. The minimum atomic E-state index is -4.39. The number of rotatable bonds is 7. The van der Waals surface area contributed by atoms with Gasteiger partial charge in [-0.2, -0.15) is 13.2 Å². The van der Waals surface area contributed by atoms with Crippen molar-refractivity contribution in [2.75, 3.05) is 13.2 Å². The van der Waals surface area contributed by atoms with Crippen LogP contribution in [0.1, 0.15) is 36.1 Å². The van der Waals surface area contributed by atoms with Crippen LogP contribution in [-0.4, -0.2) is 40.1 Å². The molecule has 158 valence electrons. The quantitative estimate of drug-likeness (QED) is 0.542. The fourth-order valence-electron chi connectivity index (χ4n) is 3.10. The van der Waals surface area contributed by atoms with E-state index in [1.54, 1.807) is 19.1 Å². The summed E-state index contributed by atoms with van der Waals surface area (Å²) in [6.07, 6.45) is -2.38. The van der Waals surface area contributed by atoms with E-state index < -0.39 is 12.8 Å². The summed E-state index contributed by atoms with van der Waals surface area (Å²) in [6.45, 7) is 4.62. The Morgan fingerprint density at radius 1 is 1.28 bits per heavy atom. The van der Waals surface area contributed by atoms with Gasteiger partial charge in [-0.3, -0.25) is 0 Å². The monoisotopic (exact) mass is 410 g/mol. The molecule has 0 spiro atoms. The van der Waals surface area contributed by atoms with Crippen LogP contribution in [0.3, 0.4) is 0 Å². The number of hydrogen-bond donors (Lipinski definition) is 2. The molecule has 2 N–H and O–H groups in total. The summed E-state index contributed by atoms with van der Waals surface area (Å²) in [6, 6.07) is 5.15. The molecule has 0 saturated heterocycles. The zero-order valence-corrected chi connectivity index (χ0v) is 16.5. The van der Waals surface area contributed by atoms with Crippen LogP contribution in [0.4, 0.5) is 13.2 Å². The molecule has 0 fully saturated rings. The fraction of sp³-hybridized carbons (Fsp3) is 0.526. The number of hydrogen-bond acceptors (Lipinski definition) is 4. The van der Waals surface area contributed by atoms with Crippen molar-refractivity contribution in [3.8, 4) is 5.75 Å². The van der Waals surface area contributed by atoms with E-state index in [9.17, 15) is 13.2 Å². The van der Waals surface area contributed by atoms with Gasteiger partial charge in [0.05, 0.1) is 13.1 Å². The van der Waals surface area contributed by atoms with E-state index in [-0.39, 0.29) is 12.3 Å². The Bertz CT molecular complexity index is 862. The van der Waals surface area contributed by atoms with Crippen molar-refractivity contribution in [3.05, 3.63) is 41.0 Å². The van der Waals surface area contributed by atoms with Gasteiger partial charge in [-0.25, -0.2) is 4.99 Å². The van der Waals surface area contributed by atoms with Crippen LogP contribution in [0.15, 0.2) is 23.2 Å². The first-order valence-corrected chi connectivity index (χ1v) is 9.58. The van der Waals surface area contributed by atoms with E-state index in [2.05, 4.69) is 30.4 Å². The van der Waals surface area contributed by atoms with Gasteiger partial charge >= 0.3 is 6.18 Å². The Morgan fingerprint density at radius 2 is 2.10 bits per heavy atom. The number of alkyl halides is 3. The number of aryl methyl sites for hydroxylation is 2. The van der Waals surface area contributed by atoms with Crippen molar-refractivity contribution < 1.29 is 17.9 Å². The first-order valence-electron chi connectivity index (χ1n) is 9.58. The minimum absolute atomic E-state index is 0.181. The van der Waals surface area contributed by atoms with Crippen molar-refractivity contribution in [1.29, 1.82) is 0 Å². The normalized spacial score (nSPS) is 14.0. The molecule has 7 nitrogen and oxygen atoms in total. The maximum absolute atomic E-state index is 12.5. The third-order valence-electron chi connectivity index (χ3n) is 4.47. The minimum Gasteiger partial charge on any atom is -0.484 e. The summed E-state index contributed by atoms with van der Waals surface area (Å²) in [7, 11) is 0.